The number of benzene rings is 1. The minimum atomic E-state index is -0.159. The van der Waals surface area contributed by atoms with Crippen LogP contribution in [0.3, 0.4) is 0 Å². The molecule has 1 aromatic rings. The van der Waals surface area contributed by atoms with Gasteiger partial charge < -0.3 is 20.6 Å². The van der Waals surface area contributed by atoms with Gasteiger partial charge in [0, 0.05) is 57.6 Å². The van der Waals surface area contributed by atoms with E-state index in [1.807, 2.05) is 6.07 Å². The van der Waals surface area contributed by atoms with Gasteiger partial charge in [0.2, 0.25) is 0 Å². The molecule has 2 amide bonds. The summed E-state index contributed by atoms with van der Waals surface area (Å²) in [7, 11) is 0. The van der Waals surface area contributed by atoms with Gasteiger partial charge >= 0.3 is 6.03 Å². The number of urea groups is 1. The van der Waals surface area contributed by atoms with Crippen LogP contribution in [0, 0.1) is 0 Å². The number of carbonyl (C=O) groups excluding carboxylic acids is 1. The number of piperazine rings is 1. The van der Waals surface area contributed by atoms with Gasteiger partial charge in [0.1, 0.15) is 0 Å². The highest BCUT2D eigenvalue weighted by atomic mass is 16.3. The number of para-hydroxylation sites is 1. The van der Waals surface area contributed by atoms with Crippen molar-refractivity contribution < 1.29 is 9.90 Å². The number of aliphatic hydroxyl groups is 1. The highest BCUT2D eigenvalue weighted by Crippen LogP contribution is 2.16. The molecule has 1 unspecified atom stereocenters. The Morgan fingerprint density at radius 1 is 1.17 bits per heavy atom. The molecule has 23 heavy (non-hydrogen) atoms. The molecule has 6 heteroatoms. The summed E-state index contributed by atoms with van der Waals surface area (Å²) in [6.07, 6.45) is 0.588. The maximum Gasteiger partial charge on any atom is 0.314 e. The molecule has 1 aliphatic rings. The van der Waals surface area contributed by atoms with E-state index in [1.54, 1.807) is 0 Å². The van der Waals surface area contributed by atoms with Gasteiger partial charge in [-0.3, -0.25) is 4.90 Å². The Kier molecular flexibility index (Phi) is 7.16. The number of nitrogens with zero attached hydrogens (tertiary/aromatic N) is 2. The third-order valence-electron chi connectivity index (χ3n) is 4.24. The van der Waals surface area contributed by atoms with E-state index in [1.165, 1.54) is 5.69 Å². The normalized spacial score (nSPS) is 16.9. The molecule has 3 N–H and O–H groups in total. The Bertz CT molecular complexity index is 461. The number of hydrogen-bond donors (Lipinski definition) is 3. The molecule has 1 saturated heterocycles. The van der Waals surface area contributed by atoms with Crippen LogP contribution in [0.1, 0.15) is 13.3 Å². The summed E-state index contributed by atoms with van der Waals surface area (Å²) in [6, 6.07) is 10.6. The lowest BCUT2D eigenvalue weighted by molar-refractivity contribution is 0.190. The fourth-order valence-corrected chi connectivity index (χ4v) is 2.77. The van der Waals surface area contributed by atoms with Crippen LogP contribution in [0.25, 0.3) is 0 Å². The van der Waals surface area contributed by atoms with Crippen molar-refractivity contribution in [1.29, 1.82) is 0 Å². The molecule has 1 aliphatic heterocycles. The predicted molar refractivity (Wildman–Crippen MR) is 92.8 cm³/mol. The molecule has 1 heterocycles. The second kappa shape index (κ2) is 9.37. The van der Waals surface area contributed by atoms with Gasteiger partial charge in [-0.05, 0) is 25.5 Å². The topological polar surface area (TPSA) is 67.8 Å². The average molecular weight is 320 g/mol. The molecule has 2 rings (SSSR count). The molecule has 0 radical (unpaired) electrons. The van der Waals surface area contributed by atoms with E-state index in [9.17, 15) is 4.79 Å². The van der Waals surface area contributed by atoms with Gasteiger partial charge in [-0.15, -0.1) is 0 Å². The van der Waals surface area contributed by atoms with E-state index >= 15 is 0 Å². The summed E-state index contributed by atoms with van der Waals surface area (Å²) in [5.74, 6) is 0. The zero-order chi connectivity index (χ0) is 16.5. The van der Waals surface area contributed by atoms with Crippen molar-refractivity contribution >= 4 is 11.7 Å². The fraction of sp³-hybridized carbons (Fsp3) is 0.588. The Labute approximate surface area is 138 Å². The summed E-state index contributed by atoms with van der Waals surface area (Å²) >= 11 is 0. The third-order valence-corrected chi connectivity index (χ3v) is 4.24. The molecule has 0 bridgehead atoms. The van der Waals surface area contributed by atoms with E-state index in [4.69, 9.17) is 5.11 Å². The second-order valence-electron chi connectivity index (χ2n) is 5.92. The monoisotopic (exact) mass is 320 g/mol. The van der Waals surface area contributed by atoms with Crippen molar-refractivity contribution in [3.63, 3.8) is 0 Å². The van der Waals surface area contributed by atoms with Crippen molar-refractivity contribution in [3.8, 4) is 0 Å². The molecule has 0 aromatic heterocycles. The lowest BCUT2D eigenvalue weighted by Crippen LogP contribution is -2.53. The SMILES string of the molecule is CC(CNC(=O)NCCCO)N1CCN(c2ccccc2)CC1. The number of amides is 2. The first-order valence-electron chi connectivity index (χ1n) is 8.37. The van der Waals surface area contributed by atoms with Gasteiger partial charge in [-0.2, -0.15) is 0 Å². The molecule has 0 aliphatic carbocycles. The van der Waals surface area contributed by atoms with Crippen molar-refractivity contribution in [2.45, 2.75) is 19.4 Å². The predicted octanol–water partition coefficient (Wildman–Crippen LogP) is 0.879. The Hall–Kier alpha value is -1.79. The number of aliphatic hydroxyl groups excluding tert-OH is 1. The molecule has 1 aromatic carbocycles. The van der Waals surface area contributed by atoms with E-state index < -0.39 is 0 Å². The molecule has 1 fully saturated rings. The van der Waals surface area contributed by atoms with Crippen LogP contribution < -0.4 is 15.5 Å². The number of anilines is 1. The highest BCUT2D eigenvalue weighted by molar-refractivity contribution is 5.73. The summed E-state index contributed by atoms with van der Waals surface area (Å²) in [5, 5.41) is 14.3. The molecule has 6 nitrogen and oxygen atoms in total. The van der Waals surface area contributed by atoms with Crippen molar-refractivity contribution in [2.24, 2.45) is 0 Å². The lowest BCUT2D eigenvalue weighted by atomic mass is 10.2. The number of nitrogens with one attached hydrogen (secondary N) is 2. The fourth-order valence-electron chi connectivity index (χ4n) is 2.77. The van der Waals surface area contributed by atoms with Crippen LogP contribution in [0.2, 0.25) is 0 Å². The Balaban J connectivity index is 1.67. The number of hydrogen-bond acceptors (Lipinski definition) is 4. The molecule has 128 valence electrons. The van der Waals surface area contributed by atoms with Crippen molar-refractivity contribution in [1.82, 2.24) is 15.5 Å². The van der Waals surface area contributed by atoms with Crippen molar-refractivity contribution in [2.75, 3.05) is 50.8 Å². The minimum Gasteiger partial charge on any atom is -0.396 e. The third kappa shape index (κ3) is 5.73. The molecule has 0 saturated carbocycles. The van der Waals surface area contributed by atoms with Gasteiger partial charge in [0.25, 0.3) is 0 Å². The summed E-state index contributed by atoms with van der Waals surface area (Å²) in [4.78, 5) is 16.4. The number of rotatable bonds is 7. The van der Waals surface area contributed by atoms with Gasteiger partial charge in [0.15, 0.2) is 0 Å². The van der Waals surface area contributed by atoms with Gasteiger partial charge in [0.05, 0.1) is 0 Å². The van der Waals surface area contributed by atoms with Gasteiger partial charge in [-0.25, -0.2) is 4.79 Å². The summed E-state index contributed by atoms with van der Waals surface area (Å²) < 4.78 is 0. The zero-order valence-corrected chi connectivity index (χ0v) is 13.9. The quantitative estimate of drug-likeness (QED) is 0.653. The molecular weight excluding hydrogens is 292 g/mol. The maximum atomic E-state index is 11.6. The van der Waals surface area contributed by atoms with Crippen LogP contribution >= 0.6 is 0 Å². The summed E-state index contributed by atoms with van der Waals surface area (Å²) in [5.41, 5.74) is 1.28. The average Bonchev–Trinajstić information content (AvgIpc) is 2.61. The molecular formula is C17H28N4O2. The Morgan fingerprint density at radius 3 is 2.52 bits per heavy atom. The first kappa shape index (κ1) is 17.6. The standard InChI is InChI=1S/C17H28N4O2/c1-15(14-19-17(23)18-8-5-13-22)20-9-11-21(12-10-20)16-6-3-2-4-7-16/h2-4,6-7,15,22H,5,8-14H2,1H3,(H2,18,19,23). The first-order chi connectivity index (χ1) is 11.2. The van der Waals surface area contributed by atoms with Crippen LogP contribution in [0.15, 0.2) is 30.3 Å². The minimum absolute atomic E-state index is 0.0996. The number of carbonyl (C=O) groups is 1. The first-order valence-corrected chi connectivity index (χ1v) is 8.37. The second-order valence-corrected chi connectivity index (χ2v) is 5.92. The lowest BCUT2D eigenvalue weighted by Gasteiger charge is -2.39. The van der Waals surface area contributed by atoms with E-state index in [0.29, 0.717) is 25.6 Å². The van der Waals surface area contributed by atoms with Crippen LogP contribution in [0.5, 0.6) is 0 Å². The highest BCUT2D eigenvalue weighted by Gasteiger charge is 2.21. The van der Waals surface area contributed by atoms with Crippen molar-refractivity contribution in [3.05, 3.63) is 30.3 Å². The summed E-state index contributed by atoms with van der Waals surface area (Å²) in [6.45, 7) is 7.42. The zero-order valence-electron chi connectivity index (χ0n) is 13.9. The van der Waals surface area contributed by atoms with E-state index in [0.717, 1.165) is 26.2 Å². The maximum absolute atomic E-state index is 11.6. The van der Waals surface area contributed by atoms with Gasteiger partial charge in [-0.1, -0.05) is 18.2 Å². The van der Waals surface area contributed by atoms with Crippen LogP contribution in [0.4, 0.5) is 10.5 Å². The van der Waals surface area contributed by atoms with E-state index in [-0.39, 0.29) is 12.6 Å². The largest absolute Gasteiger partial charge is 0.396 e. The van der Waals surface area contributed by atoms with Crippen LogP contribution in [-0.2, 0) is 0 Å². The van der Waals surface area contributed by atoms with E-state index in [2.05, 4.69) is 51.6 Å². The smallest absolute Gasteiger partial charge is 0.314 e. The molecule has 0 spiro atoms. The van der Waals surface area contributed by atoms with Crippen LogP contribution in [-0.4, -0.2) is 68.0 Å². The Morgan fingerprint density at radius 2 is 1.87 bits per heavy atom. The molecule has 1 atom stereocenters.